The van der Waals surface area contributed by atoms with E-state index < -0.39 is 29.4 Å². The Labute approximate surface area is 211 Å². The number of aromatic nitrogens is 1. The van der Waals surface area contributed by atoms with Crippen LogP contribution < -0.4 is 14.8 Å². The maximum atomic E-state index is 13.2. The minimum Gasteiger partial charge on any atom is -0.495 e. The Morgan fingerprint density at radius 2 is 1.78 bits per heavy atom. The Kier molecular flexibility index (Phi) is 7.43. The Morgan fingerprint density at radius 1 is 1.11 bits per heavy atom. The lowest BCUT2D eigenvalue weighted by atomic mass is 9.71. The van der Waals surface area contributed by atoms with Gasteiger partial charge in [0.25, 0.3) is 6.43 Å². The van der Waals surface area contributed by atoms with Gasteiger partial charge in [-0.1, -0.05) is 42.5 Å². The molecular weight excluding hydrogens is 495 g/mol. The number of methoxy groups -OCH3 is 1. The van der Waals surface area contributed by atoms with E-state index in [1.807, 2.05) is 30.3 Å². The summed E-state index contributed by atoms with van der Waals surface area (Å²) in [6.07, 6.45) is -2.68. The summed E-state index contributed by atoms with van der Waals surface area (Å²) < 4.78 is 73.4. The van der Waals surface area contributed by atoms with E-state index in [1.165, 1.54) is 38.7 Å². The molecule has 2 heterocycles. The number of halogens is 5. The topological polar surface area (TPSA) is 63.6 Å². The molecule has 1 aromatic heterocycles. The molecule has 5 rings (SSSR count). The number of benzene rings is 2. The van der Waals surface area contributed by atoms with Gasteiger partial charge in [-0.3, -0.25) is 4.98 Å². The van der Waals surface area contributed by atoms with Crippen LogP contribution in [-0.2, 0) is 17.4 Å². The van der Waals surface area contributed by atoms with Crippen molar-refractivity contribution in [3.63, 3.8) is 0 Å². The molecule has 1 fully saturated rings. The van der Waals surface area contributed by atoms with Gasteiger partial charge in [-0.15, -0.1) is 0 Å². The van der Waals surface area contributed by atoms with E-state index in [2.05, 4.69) is 10.3 Å². The Morgan fingerprint density at radius 3 is 2.32 bits per heavy atom. The molecule has 1 saturated carbocycles. The molecule has 0 amide bonds. The third-order valence-corrected chi connectivity index (χ3v) is 6.88. The fourth-order valence-electron chi connectivity index (χ4n) is 5.38. The molecule has 3 unspecified atom stereocenters. The number of rotatable bonds is 5. The first-order valence-corrected chi connectivity index (χ1v) is 11.7. The quantitative estimate of drug-likeness (QED) is 0.425. The van der Waals surface area contributed by atoms with Gasteiger partial charge < -0.3 is 19.9 Å². The van der Waals surface area contributed by atoms with Crippen LogP contribution in [0.5, 0.6) is 11.5 Å². The van der Waals surface area contributed by atoms with Crippen molar-refractivity contribution in [2.45, 2.75) is 42.6 Å². The monoisotopic (exact) mass is 522 g/mol. The van der Waals surface area contributed by atoms with Crippen LogP contribution in [0.4, 0.5) is 22.0 Å². The lowest BCUT2D eigenvalue weighted by Gasteiger charge is -2.40. The Balaban J connectivity index is 0.000000480. The first kappa shape index (κ1) is 26.8. The van der Waals surface area contributed by atoms with Gasteiger partial charge in [0.2, 0.25) is 0 Å². The smallest absolute Gasteiger partial charge is 0.416 e. The maximum Gasteiger partial charge on any atom is 0.416 e. The Bertz CT molecular complexity index is 1210. The van der Waals surface area contributed by atoms with Gasteiger partial charge in [0.15, 0.2) is 5.60 Å². The van der Waals surface area contributed by atoms with E-state index in [1.54, 1.807) is 0 Å². The molecule has 3 aromatic rings. The first-order chi connectivity index (χ1) is 17.6. The van der Waals surface area contributed by atoms with Crippen molar-refractivity contribution in [2.75, 3.05) is 20.7 Å². The van der Waals surface area contributed by atoms with Crippen molar-refractivity contribution < 1.29 is 36.5 Å². The molecule has 198 valence electrons. The number of pyridine rings is 1. The molecule has 1 aliphatic carbocycles. The minimum absolute atomic E-state index is 0.208. The molecule has 2 aromatic carbocycles. The molecule has 37 heavy (non-hydrogen) atoms. The second-order valence-electron chi connectivity index (χ2n) is 8.94. The van der Waals surface area contributed by atoms with Crippen LogP contribution in [-0.4, -0.2) is 37.2 Å². The van der Waals surface area contributed by atoms with Crippen molar-refractivity contribution in [2.24, 2.45) is 0 Å². The number of hydrogen-bond acceptors (Lipinski definition) is 5. The summed E-state index contributed by atoms with van der Waals surface area (Å²) in [6, 6.07) is 14.5. The van der Waals surface area contributed by atoms with Crippen LogP contribution in [0.15, 0.2) is 67.0 Å². The summed E-state index contributed by atoms with van der Waals surface area (Å²) in [7, 11) is 2.98. The fourth-order valence-corrected chi connectivity index (χ4v) is 5.38. The Hall–Kier alpha value is -3.24. The van der Waals surface area contributed by atoms with Crippen molar-refractivity contribution >= 4 is 0 Å². The lowest BCUT2D eigenvalue weighted by Crippen LogP contribution is -2.48. The van der Waals surface area contributed by atoms with Gasteiger partial charge in [0, 0.05) is 5.92 Å². The second kappa shape index (κ2) is 10.3. The number of nitrogens with one attached hydrogen (secondary N) is 1. The van der Waals surface area contributed by atoms with Crippen LogP contribution in [0.3, 0.4) is 0 Å². The van der Waals surface area contributed by atoms with Gasteiger partial charge in [0.1, 0.15) is 17.1 Å². The molecule has 2 N–H and O–H groups in total. The van der Waals surface area contributed by atoms with E-state index in [-0.39, 0.29) is 12.5 Å². The predicted molar refractivity (Wildman–Crippen MR) is 127 cm³/mol. The van der Waals surface area contributed by atoms with Gasteiger partial charge >= 0.3 is 6.18 Å². The zero-order valence-corrected chi connectivity index (χ0v) is 20.2. The number of nitrogens with zero attached hydrogens (tertiary/aromatic N) is 1. The normalized spacial score (nSPS) is 24.1. The second-order valence-corrected chi connectivity index (χ2v) is 8.94. The van der Waals surface area contributed by atoms with Crippen molar-refractivity contribution in [3.05, 3.63) is 89.2 Å². The first-order valence-electron chi connectivity index (χ1n) is 11.7. The molecule has 0 spiro atoms. The molecule has 0 bridgehead atoms. The highest BCUT2D eigenvalue weighted by molar-refractivity contribution is 5.57. The molecule has 5 nitrogen and oxygen atoms in total. The summed E-state index contributed by atoms with van der Waals surface area (Å²) in [5.41, 5.74) is -1.64. The largest absolute Gasteiger partial charge is 0.495 e. The van der Waals surface area contributed by atoms with Gasteiger partial charge in [-0.05, 0) is 43.1 Å². The number of hydrogen-bond donors (Lipinski definition) is 2. The summed E-state index contributed by atoms with van der Waals surface area (Å²) >= 11 is 0. The summed E-state index contributed by atoms with van der Waals surface area (Å²) in [5, 5.41) is 14.4. The average molecular weight is 523 g/mol. The number of fused-ring (bicyclic) bond motifs is 3. The zero-order valence-electron chi connectivity index (χ0n) is 20.2. The summed E-state index contributed by atoms with van der Waals surface area (Å²) in [6.45, 7) is -0.208. The molecule has 10 heteroatoms. The van der Waals surface area contributed by atoms with Crippen molar-refractivity contribution in [1.29, 1.82) is 0 Å². The number of alkyl halides is 5. The fraction of sp³-hybridized carbons (Fsp3) is 0.370. The average Bonchev–Trinajstić information content (AvgIpc) is 3.31. The van der Waals surface area contributed by atoms with Crippen LogP contribution >= 0.6 is 0 Å². The highest BCUT2D eigenvalue weighted by atomic mass is 19.4. The van der Waals surface area contributed by atoms with Crippen LogP contribution in [0.1, 0.15) is 41.0 Å². The summed E-state index contributed by atoms with van der Waals surface area (Å²) in [5.74, 6) is 0.484. The molecule has 0 radical (unpaired) electrons. The van der Waals surface area contributed by atoms with E-state index in [9.17, 15) is 27.1 Å². The third-order valence-electron chi connectivity index (χ3n) is 6.88. The third kappa shape index (κ3) is 4.64. The number of aliphatic hydroxyl groups is 1. The predicted octanol–water partition coefficient (Wildman–Crippen LogP) is 5.63. The molecule has 2 aliphatic rings. The number of ether oxygens (including phenoxy) is 2. The van der Waals surface area contributed by atoms with Crippen LogP contribution in [0, 0.1) is 0 Å². The highest BCUT2D eigenvalue weighted by Gasteiger charge is 2.69. The van der Waals surface area contributed by atoms with Gasteiger partial charge in [-0.25, -0.2) is 8.78 Å². The van der Waals surface area contributed by atoms with E-state index in [4.69, 9.17) is 9.47 Å². The summed E-state index contributed by atoms with van der Waals surface area (Å²) in [4.78, 5) is 4.14. The van der Waals surface area contributed by atoms with Crippen LogP contribution in [0.2, 0.25) is 0 Å². The standard InChI is InChI=1S/C24H20F3NO3.C3H7F2N/c1-30-19-13-28-14-20-21(19)22(29)12-11-18(15-5-3-2-4-6-15)23(22,31-20)16-7-9-17(10-8-16)24(25,26)27;1-6-2-3(4)5/h2-10,13-14,18,29H,11-12H2,1H3;3,6H,2H2,1H3. The van der Waals surface area contributed by atoms with Crippen LogP contribution in [0.25, 0.3) is 0 Å². The van der Waals surface area contributed by atoms with Crippen molar-refractivity contribution in [1.82, 2.24) is 10.3 Å². The SMILES string of the molecule is CNCC(F)F.COc1cncc2c1C1(O)CCC(c3ccccc3)C1(c1ccc(C(F)(F)F)cc1)O2. The molecule has 3 atom stereocenters. The lowest BCUT2D eigenvalue weighted by molar-refractivity contribution is -0.137. The van der Waals surface area contributed by atoms with E-state index in [0.717, 1.165) is 17.7 Å². The minimum atomic E-state index is -4.45. The maximum absolute atomic E-state index is 13.2. The molecule has 0 saturated heterocycles. The van der Waals surface area contributed by atoms with Crippen molar-refractivity contribution in [3.8, 4) is 11.5 Å². The molecule has 1 aliphatic heterocycles. The van der Waals surface area contributed by atoms with E-state index in [0.29, 0.717) is 35.5 Å². The van der Waals surface area contributed by atoms with Gasteiger partial charge in [-0.2, -0.15) is 13.2 Å². The highest BCUT2D eigenvalue weighted by Crippen LogP contribution is 2.67. The van der Waals surface area contributed by atoms with Gasteiger partial charge in [0.05, 0.1) is 37.2 Å². The van der Waals surface area contributed by atoms with E-state index >= 15 is 0 Å². The molecular formula is C27H27F5N2O3. The zero-order chi connectivity index (χ0) is 26.8.